The van der Waals surface area contributed by atoms with Crippen molar-refractivity contribution in [3.05, 3.63) is 65.9 Å². The summed E-state index contributed by atoms with van der Waals surface area (Å²) >= 11 is 0. The third kappa shape index (κ3) is 3.60. The molecule has 1 fully saturated rings. The molecule has 0 saturated carbocycles. The maximum absolute atomic E-state index is 13.8. The van der Waals surface area contributed by atoms with Crippen LogP contribution in [0.15, 0.2) is 48.5 Å². The molecule has 2 amide bonds. The number of rotatable bonds is 3. The van der Waals surface area contributed by atoms with E-state index in [2.05, 4.69) is 10.3 Å². The highest BCUT2D eigenvalue weighted by Gasteiger charge is 2.28. The molecule has 2 aromatic carbocycles. The molecule has 0 atom stereocenters. The highest BCUT2D eigenvalue weighted by molar-refractivity contribution is 5.98. The molecule has 4 rings (SSSR count). The average molecular weight is 383 g/mol. The molecule has 2 N–H and O–H groups in total. The van der Waals surface area contributed by atoms with Gasteiger partial charge in [0.05, 0.1) is 0 Å². The van der Waals surface area contributed by atoms with Crippen molar-refractivity contribution in [2.75, 3.05) is 18.4 Å². The number of fused-ring (bicyclic) bond motifs is 1. The number of nitrogens with one attached hydrogen (secondary N) is 2. The highest BCUT2D eigenvalue weighted by atomic mass is 19.1. The van der Waals surface area contributed by atoms with Gasteiger partial charge in [0.15, 0.2) is 0 Å². The maximum Gasteiger partial charge on any atom is 0.270 e. The molecule has 28 heavy (non-hydrogen) atoms. The van der Waals surface area contributed by atoms with Gasteiger partial charge < -0.3 is 15.2 Å². The Kier molecular flexibility index (Phi) is 4.81. The van der Waals surface area contributed by atoms with Gasteiger partial charge in [-0.3, -0.25) is 9.59 Å². The van der Waals surface area contributed by atoms with Gasteiger partial charge in [-0.1, -0.05) is 6.07 Å². The zero-order chi connectivity index (χ0) is 19.7. The van der Waals surface area contributed by atoms with Crippen LogP contribution in [0.3, 0.4) is 0 Å². The second-order valence-electron chi connectivity index (χ2n) is 6.95. The molecule has 2 heterocycles. The molecule has 1 aliphatic heterocycles. The number of amides is 2. The van der Waals surface area contributed by atoms with Gasteiger partial charge in [0.25, 0.3) is 5.91 Å². The van der Waals surface area contributed by atoms with Gasteiger partial charge in [0.1, 0.15) is 17.3 Å². The molecule has 0 spiro atoms. The summed E-state index contributed by atoms with van der Waals surface area (Å²) in [6.45, 7) is 0.885. The van der Waals surface area contributed by atoms with Gasteiger partial charge in [-0.05, 0) is 55.3 Å². The summed E-state index contributed by atoms with van der Waals surface area (Å²) in [5.74, 6) is -1.28. The second kappa shape index (κ2) is 7.42. The molecule has 0 bridgehead atoms. The van der Waals surface area contributed by atoms with Gasteiger partial charge in [0.2, 0.25) is 5.91 Å². The molecule has 1 saturated heterocycles. The van der Waals surface area contributed by atoms with Crippen LogP contribution in [-0.4, -0.2) is 34.8 Å². The van der Waals surface area contributed by atoms with Gasteiger partial charge in [-0.2, -0.15) is 0 Å². The summed E-state index contributed by atoms with van der Waals surface area (Å²) in [6.07, 6.45) is 1.07. The van der Waals surface area contributed by atoms with Crippen molar-refractivity contribution in [1.82, 2.24) is 9.88 Å². The van der Waals surface area contributed by atoms with E-state index < -0.39 is 0 Å². The van der Waals surface area contributed by atoms with Crippen LogP contribution < -0.4 is 5.32 Å². The normalized spacial score (nSPS) is 15.0. The minimum Gasteiger partial charge on any atom is -0.350 e. The minimum absolute atomic E-state index is 0.133. The molecule has 0 unspecified atom stereocenters. The zero-order valence-corrected chi connectivity index (χ0v) is 15.0. The summed E-state index contributed by atoms with van der Waals surface area (Å²) in [7, 11) is 0. The number of carbonyl (C=O) groups is 2. The van der Waals surface area contributed by atoms with Crippen LogP contribution in [0.5, 0.6) is 0 Å². The lowest BCUT2D eigenvalue weighted by Gasteiger charge is -2.31. The van der Waals surface area contributed by atoms with Crippen LogP contribution in [0.2, 0.25) is 0 Å². The molecule has 5 nitrogen and oxygen atoms in total. The molecular weight excluding hydrogens is 364 g/mol. The van der Waals surface area contributed by atoms with E-state index in [1.165, 1.54) is 36.4 Å². The number of carbonyl (C=O) groups excluding carboxylic acids is 2. The van der Waals surface area contributed by atoms with Gasteiger partial charge in [0, 0.05) is 35.6 Å². The van der Waals surface area contributed by atoms with Crippen LogP contribution in [0.4, 0.5) is 14.5 Å². The summed E-state index contributed by atoms with van der Waals surface area (Å²) in [6, 6.07) is 11.8. The van der Waals surface area contributed by atoms with Crippen molar-refractivity contribution >= 4 is 28.4 Å². The molecule has 0 aliphatic carbocycles. The first-order valence-corrected chi connectivity index (χ1v) is 9.14. The Morgan fingerprint density at radius 1 is 1.04 bits per heavy atom. The van der Waals surface area contributed by atoms with Crippen LogP contribution in [0.1, 0.15) is 23.3 Å². The number of H-pyrrole nitrogens is 1. The molecule has 7 heteroatoms. The zero-order valence-electron chi connectivity index (χ0n) is 15.0. The number of aromatic nitrogens is 1. The fourth-order valence-corrected chi connectivity index (χ4v) is 3.53. The Morgan fingerprint density at radius 3 is 2.43 bits per heavy atom. The number of anilines is 1. The molecular formula is C21H19F2N3O2. The average Bonchev–Trinajstić information content (AvgIpc) is 3.15. The van der Waals surface area contributed by atoms with E-state index in [9.17, 15) is 18.4 Å². The van der Waals surface area contributed by atoms with Crippen LogP contribution >= 0.6 is 0 Å². The molecule has 1 aromatic heterocycles. The Bertz CT molecular complexity index is 1020. The lowest BCUT2D eigenvalue weighted by atomic mass is 9.95. The van der Waals surface area contributed by atoms with Gasteiger partial charge in [-0.15, -0.1) is 0 Å². The van der Waals surface area contributed by atoms with Crippen molar-refractivity contribution in [2.45, 2.75) is 12.8 Å². The minimum atomic E-state index is -0.371. The van der Waals surface area contributed by atoms with E-state index in [1.807, 2.05) is 0 Å². The highest BCUT2D eigenvalue weighted by Crippen LogP contribution is 2.23. The summed E-state index contributed by atoms with van der Waals surface area (Å²) in [5.41, 5.74) is 1.47. The monoisotopic (exact) mass is 383 g/mol. The summed E-state index contributed by atoms with van der Waals surface area (Å²) < 4.78 is 26.8. The van der Waals surface area contributed by atoms with Gasteiger partial charge in [-0.25, -0.2) is 8.78 Å². The smallest absolute Gasteiger partial charge is 0.270 e. The first-order valence-electron chi connectivity index (χ1n) is 9.14. The molecule has 3 aromatic rings. The van der Waals surface area contributed by atoms with Crippen molar-refractivity contribution in [3.8, 4) is 0 Å². The van der Waals surface area contributed by atoms with Crippen molar-refractivity contribution < 1.29 is 18.4 Å². The van der Waals surface area contributed by atoms with Crippen molar-refractivity contribution in [2.24, 2.45) is 5.92 Å². The first kappa shape index (κ1) is 18.2. The number of likely N-dealkylation sites (tertiary alicyclic amines) is 1. The first-order chi connectivity index (χ1) is 13.5. The lowest BCUT2D eigenvalue weighted by Crippen LogP contribution is -2.41. The maximum atomic E-state index is 13.8. The van der Waals surface area contributed by atoms with E-state index in [4.69, 9.17) is 0 Å². The van der Waals surface area contributed by atoms with Crippen LogP contribution in [0, 0.1) is 17.6 Å². The SMILES string of the molecule is O=C(Nc1ccc(F)cc1)C1CCN(C(=O)c2cc3c(F)cccc3[nH]2)CC1. The fourth-order valence-electron chi connectivity index (χ4n) is 3.53. The van der Waals surface area contributed by atoms with Crippen LogP contribution in [-0.2, 0) is 4.79 Å². The Labute approximate surface area is 160 Å². The predicted octanol–water partition coefficient (Wildman–Crippen LogP) is 3.94. The Hall–Kier alpha value is -3.22. The van der Waals surface area contributed by atoms with Crippen molar-refractivity contribution in [3.63, 3.8) is 0 Å². The number of hydrogen-bond donors (Lipinski definition) is 2. The largest absolute Gasteiger partial charge is 0.350 e. The third-order valence-electron chi connectivity index (χ3n) is 5.11. The third-order valence-corrected chi connectivity index (χ3v) is 5.11. The Balaban J connectivity index is 1.37. The standard InChI is InChI=1S/C21H19F2N3O2/c22-14-4-6-15(7-5-14)24-20(27)13-8-10-26(11-9-13)21(28)19-12-16-17(23)2-1-3-18(16)25-19/h1-7,12-13,25H,8-11H2,(H,24,27). The number of piperidine rings is 1. The lowest BCUT2D eigenvalue weighted by molar-refractivity contribution is -0.121. The number of aromatic amines is 1. The number of nitrogens with zero attached hydrogens (tertiary/aromatic N) is 1. The van der Waals surface area contributed by atoms with Crippen LogP contribution in [0.25, 0.3) is 10.9 Å². The number of benzene rings is 2. The van der Waals surface area contributed by atoms with Gasteiger partial charge >= 0.3 is 0 Å². The van der Waals surface area contributed by atoms with E-state index >= 15 is 0 Å². The topological polar surface area (TPSA) is 65.2 Å². The van der Waals surface area contributed by atoms with E-state index in [1.54, 1.807) is 17.0 Å². The van der Waals surface area contributed by atoms with Crippen molar-refractivity contribution in [1.29, 1.82) is 0 Å². The van der Waals surface area contributed by atoms with E-state index in [0.717, 1.165) is 0 Å². The Morgan fingerprint density at radius 2 is 1.75 bits per heavy atom. The fraction of sp³-hybridized carbons (Fsp3) is 0.238. The summed E-state index contributed by atoms with van der Waals surface area (Å²) in [5, 5.41) is 3.17. The molecule has 0 radical (unpaired) electrons. The quantitative estimate of drug-likeness (QED) is 0.720. The van der Waals surface area contributed by atoms with E-state index in [0.29, 0.717) is 48.2 Å². The molecule has 144 valence electrons. The predicted molar refractivity (Wildman–Crippen MR) is 102 cm³/mol. The summed E-state index contributed by atoms with van der Waals surface area (Å²) in [4.78, 5) is 29.7. The number of hydrogen-bond acceptors (Lipinski definition) is 2. The second-order valence-corrected chi connectivity index (χ2v) is 6.95. The number of halogens is 2. The van der Waals surface area contributed by atoms with E-state index in [-0.39, 0.29) is 29.4 Å². The molecule has 1 aliphatic rings.